The maximum atomic E-state index is 9.27. The molecule has 0 aliphatic rings. The van der Waals surface area contributed by atoms with Crippen LogP contribution in [0.2, 0.25) is 10.0 Å². The van der Waals surface area contributed by atoms with Crippen LogP contribution < -0.4 is 5.32 Å². The van der Waals surface area contributed by atoms with Crippen LogP contribution in [-0.4, -0.2) is 29.3 Å². The average Bonchev–Trinajstić information content (AvgIpc) is 2.30. The van der Waals surface area contributed by atoms with E-state index in [0.717, 1.165) is 5.56 Å². The number of halogens is 2. The lowest BCUT2D eigenvalue weighted by atomic mass is 10.1. The van der Waals surface area contributed by atoms with Crippen LogP contribution in [0.1, 0.15) is 25.5 Å². The summed E-state index contributed by atoms with van der Waals surface area (Å²) in [5.74, 6) is 0. The van der Waals surface area contributed by atoms with Crippen LogP contribution in [0.3, 0.4) is 0 Å². The summed E-state index contributed by atoms with van der Waals surface area (Å²) in [7, 11) is 0. The molecule has 0 bridgehead atoms. The first kappa shape index (κ1) is 16.1. The molecule has 0 amide bonds. The van der Waals surface area contributed by atoms with Gasteiger partial charge in [-0.05, 0) is 37.8 Å². The van der Waals surface area contributed by atoms with Gasteiger partial charge in [0.25, 0.3) is 0 Å². The molecule has 0 aliphatic heterocycles. The second-order valence-electron chi connectivity index (χ2n) is 4.30. The van der Waals surface area contributed by atoms with Gasteiger partial charge < -0.3 is 10.4 Å². The first-order chi connectivity index (χ1) is 8.49. The lowest BCUT2D eigenvalue weighted by Gasteiger charge is -2.26. The fraction of sp³-hybridized carbons (Fsp3) is 0.538. The fourth-order valence-electron chi connectivity index (χ4n) is 1.88. The molecule has 0 heterocycles. The standard InChI is InChI=1S/C13H19Cl2NOS/c1-8(16-9(2)13(7-17)18-3)11-5-4-10(14)6-12(11)15/h4-6,8-9,13,16-17H,7H2,1-3H3. The van der Waals surface area contributed by atoms with E-state index in [0.29, 0.717) is 10.0 Å². The summed E-state index contributed by atoms with van der Waals surface area (Å²) in [4.78, 5) is 0. The van der Waals surface area contributed by atoms with Crippen molar-refractivity contribution in [3.63, 3.8) is 0 Å². The predicted octanol–water partition coefficient (Wildman–Crippen LogP) is 3.76. The van der Waals surface area contributed by atoms with Crippen molar-refractivity contribution >= 4 is 35.0 Å². The van der Waals surface area contributed by atoms with Gasteiger partial charge >= 0.3 is 0 Å². The number of nitrogens with one attached hydrogen (secondary N) is 1. The van der Waals surface area contributed by atoms with Gasteiger partial charge in [-0.15, -0.1) is 0 Å². The van der Waals surface area contributed by atoms with E-state index in [9.17, 15) is 5.11 Å². The highest BCUT2D eigenvalue weighted by atomic mass is 35.5. The quantitative estimate of drug-likeness (QED) is 0.839. The molecule has 18 heavy (non-hydrogen) atoms. The fourth-order valence-corrected chi connectivity index (χ4v) is 3.09. The summed E-state index contributed by atoms with van der Waals surface area (Å²) in [6.45, 7) is 4.29. The lowest BCUT2D eigenvalue weighted by Crippen LogP contribution is -2.39. The highest BCUT2D eigenvalue weighted by molar-refractivity contribution is 7.99. The third-order valence-corrected chi connectivity index (χ3v) is 4.71. The van der Waals surface area contributed by atoms with Crippen molar-refractivity contribution in [2.45, 2.75) is 31.2 Å². The van der Waals surface area contributed by atoms with Gasteiger partial charge in [0.1, 0.15) is 0 Å². The zero-order chi connectivity index (χ0) is 13.7. The number of aliphatic hydroxyl groups is 1. The molecule has 0 spiro atoms. The zero-order valence-electron chi connectivity index (χ0n) is 10.8. The summed E-state index contributed by atoms with van der Waals surface area (Å²) < 4.78 is 0. The molecule has 1 rings (SSSR count). The average molecular weight is 308 g/mol. The zero-order valence-corrected chi connectivity index (χ0v) is 13.1. The summed E-state index contributed by atoms with van der Waals surface area (Å²) in [5.41, 5.74) is 1.02. The minimum atomic E-state index is 0.117. The van der Waals surface area contributed by atoms with E-state index in [-0.39, 0.29) is 23.9 Å². The van der Waals surface area contributed by atoms with Gasteiger partial charge in [-0.25, -0.2) is 0 Å². The second kappa shape index (κ2) is 7.61. The molecule has 2 nitrogen and oxygen atoms in total. The molecule has 3 atom stereocenters. The predicted molar refractivity (Wildman–Crippen MR) is 81.9 cm³/mol. The summed E-state index contributed by atoms with van der Waals surface area (Å²) in [5, 5.41) is 14.2. The Morgan fingerprint density at radius 1 is 1.33 bits per heavy atom. The first-order valence-electron chi connectivity index (χ1n) is 5.84. The van der Waals surface area contributed by atoms with E-state index in [2.05, 4.69) is 19.2 Å². The van der Waals surface area contributed by atoms with Crippen LogP contribution in [0.5, 0.6) is 0 Å². The monoisotopic (exact) mass is 307 g/mol. The third-order valence-electron chi connectivity index (χ3n) is 2.98. The highest BCUT2D eigenvalue weighted by Gasteiger charge is 2.19. The van der Waals surface area contributed by atoms with E-state index < -0.39 is 0 Å². The van der Waals surface area contributed by atoms with E-state index in [1.165, 1.54) is 0 Å². The van der Waals surface area contributed by atoms with Gasteiger partial charge in [0.2, 0.25) is 0 Å². The van der Waals surface area contributed by atoms with E-state index in [1.54, 1.807) is 17.8 Å². The third kappa shape index (κ3) is 4.32. The second-order valence-corrected chi connectivity index (χ2v) is 6.22. The molecule has 0 aliphatic carbocycles. The van der Waals surface area contributed by atoms with Crippen molar-refractivity contribution in [3.05, 3.63) is 33.8 Å². The Bertz CT molecular complexity index is 385. The van der Waals surface area contributed by atoms with Gasteiger partial charge in [-0.1, -0.05) is 29.3 Å². The Morgan fingerprint density at radius 2 is 2.00 bits per heavy atom. The smallest absolute Gasteiger partial charge is 0.0564 e. The van der Waals surface area contributed by atoms with Crippen LogP contribution in [0, 0.1) is 0 Å². The summed E-state index contributed by atoms with van der Waals surface area (Å²) in [6.07, 6.45) is 2.00. The Morgan fingerprint density at radius 3 is 2.50 bits per heavy atom. The van der Waals surface area contributed by atoms with E-state index in [4.69, 9.17) is 23.2 Å². The van der Waals surface area contributed by atoms with Crippen molar-refractivity contribution in [1.82, 2.24) is 5.32 Å². The summed E-state index contributed by atoms with van der Waals surface area (Å²) in [6, 6.07) is 5.84. The summed E-state index contributed by atoms with van der Waals surface area (Å²) >= 11 is 13.7. The first-order valence-corrected chi connectivity index (χ1v) is 7.88. The van der Waals surface area contributed by atoms with E-state index in [1.807, 2.05) is 18.4 Å². The molecule has 102 valence electrons. The molecule has 0 saturated carbocycles. The Labute approximate surface area is 123 Å². The van der Waals surface area contributed by atoms with Crippen LogP contribution in [0.4, 0.5) is 0 Å². The molecule has 1 aromatic rings. The van der Waals surface area contributed by atoms with Gasteiger partial charge in [0.05, 0.1) is 6.61 Å². The molecule has 0 radical (unpaired) electrons. The normalized spacial score (nSPS) is 16.3. The molecule has 3 unspecified atom stereocenters. The van der Waals surface area contributed by atoms with Gasteiger partial charge in [0.15, 0.2) is 0 Å². The molecule has 1 aromatic carbocycles. The number of rotatable bonds is 6. The topological polar surface area (TPSA) is 32.3 Å². The number of aliphatic hydroxyl groups excluding tert-OH is 1. The van der Waals surface area contributed by atoms with Crippen LogP contribution >= 0.6 is 35.0 Å². The molecule has 5 heteroatoms. The maximum Gasteiger partial charge on any atom is 0.0564 e. The number of benzene rings is 1. The molecule has 0 aromatic heterocycles. The van der Waals surface area contributed by atoms with Crippen LogP contribution in [-0.2, 0) is 0 Å². The van der Waals surface area contributed by atoms with Gasteiger partial charge in [0, 0.05) is 27.4 Å². The Kier molecular flexibility index (Phi) is 6.82. The molecule has 2 N–H and O–H groups in total. The maximum absolute atomic E-state index is 9.27. The number of hydrogen-bond acceptors (Lipinski definition) is 3. The van der Waals surface area contributed by atoms with E-state index >= 15 is 0 Å². The van der Waals surface area contributed by atoms with Crippen LogP contribution in [0.25, 0.3) is 0 Å². The minimum Gasteiger partial charge on any atom is -0.395 e. The van der Waals surface area contributed by atoms with Crippen molar-refractivity contribution in [3.8, 4) is 0 Å². The Hall–Kier alpha value is 0.0700. The van der Waals surface area contributed by atoms with Crippen molar-refractivity contribution in [1.29, 1.82) is 0 Å². The minimum absolute atomic E-state index is 0.117. The SMILES string of the molecule is CSC(CO)C(C)NC(C)c1ccc(Cl)cc1Cl. The highest BCUT2D eigenvalue weighted by Crippen LogP contribution is 2.27. The molecular formula is C13H19Cl2NOS. The van der Waals surface area contributed by atoms with Crippen LogP contribution in [0.15, 0.2) is 18.2 Å². The van der Waals surface area contributed by atoms with Gasteiger partial charge in [-0.3, -0.25) is 0 Å². The number of thioether (sulfide) groups is 1. The molecule has 0 fully saturated rings. The Balaban J connectivity index is 2.72. The largest absolute Gasteiger partial charge is 0.395 e. The van der Waals surface area contributed by atoms with Gasteiger partial charge in [-0.2, -0.15) is 11.8 Å². The van der Waals surface area contributed by atoms with Crippen molar-refractivity contribution in [2.24, 2.45) is 0 Å². The van der Waals surface area contributed by atoms with Crippen molar-refractivity contribution < 1.29 is 5.11 Å². The number of hydrogen-bond donors (Lipinski definition) is 2. The lowest BCUT2D eigenvalue weighted by molar-refractivity contribution is 0.272. The molecular weight excluding hydrogens is 289 g/mol. The van der Waals surface area contributed by atoms with Crippen molar-refractivity contribution in [2.75, 3.05) is 12.9 Å². The molecule has 0 saturated heterocycles.